The SMILES string of the molecule is COc1ccc(OCCCC(O)C(C)C)cc1. The Morgan fingerprint density at radius 1 is 1.12 bits per heavy atom. The molecule has 0 bridgehead atoms. The molecule has 1 rings (SSSR count). The van der Waals surface area contributed by atoms with Crippen molar-refractivity contribution < 1.29 is 14.6 Å². The molecule has 1 atom stereocenters. The first-order valence-electron chi connectivity index (χ1n) is 6.08. The predicted octanol–water partition coefficient (Wildman–Crippen LogP) is 2.87. The molecule has 1 unspecified atom stereocenters. The van der Waals surface area contributed by atoms with Gasteiger partial charge in [-0.25, -0.2) is 0 Å². The second-order valence-corrected chi connectivity index (χ2v) is 4.48. The minimum Gasteiger partial charge on any atom is -0.497 e. The van der Waals surface area contributed by atoms with Crippen molar-refractivity contribution in [3.63, 3.8) is 0 Å². The highest BCUT2D eigenvalue weighted by Crippen LogP contribution is 2.17. The summed E-state index contributed by atoms with van der Waals surface area (Å²) in [7, 11) is 1.64. The van der Waals surface area contributed by atoms with Gasteiger partial charge in [0, 0.05) is 0 Å². The predicted molar refractivity (Wildman–Crippen MR) is 68.6 cm³/mol. The Hall–Kier alpha value is -1.22. The molecule has 0 amide bonds. The molecule has 96 valence electrons. The Morgan fingerprint density at radius 3 is 2.24 bits per heavy atom. The fourth-order valence-corrected chi connectivity index (χ4v) is 1.49. The third-order valence-electron chi connectivity index (χ3n) is 2.74. The molecule has 0 fully saturated rings. The minimum atomic E-state index is -0.227. The van der Waals surface area contributed by atoms with E-state index >= 15 is 0 Å². The average molecular weight is 238 g/mol. The monoisotopic (exact) mass is 238 g/mol. The third-order valence-corrected chi connectivity index (χ3v) is 2.74. The molecule has 0 spiro atoms. The van der Waals surface area contributed by atoms with Crippen molar-refractivity contribution in [2.75, 3.05) is 13.7 Å². The average Bonchev–Trinajstić information content (AvgIpc) is 2.35. The summed E-state index contributed by atoms with van der Waals surface area (Å²) in [4.78, 5) is 0. The second-order valence-electron chi connectivity index (χ2n) is 4.48. The molecule has 0 saturated carbocycles. The standard InChI is InChI=1S/C14H22O3/c1-11(2)14(15)5-4-10-17-13-8-6-12(16-3)7-9-13/h6-9,11,14-15H,4-5,10H2,1-3H3. The molecule has 1 N–H and O–H groups in total. The van der Waals surface area contributed by atoms with Gasteiger partial charge in [0.15, 0.2) is 0 Å². The summed E-state index contributed by atoms with van der Waals surface area (Å²) in [6.07, 6.45) is 1.42. The van der Waals surface area contributed by atoms with E-state index in [0.29, 0.717) is 12.5 Å². The summed E-state index contributed by atoms with van der Waals surface area (Å²) in [5, 5.41) is 9.62. The molecule has 17 heavy (non-hydrogen) atoms. The van der Waals surface area contributed by atoms with Crippen molar-refractivity contribution in [3.05, 3.63) is 24.3 Å². The van der Waals surface area contributed by atoms with E-state index in [-0.39, 0.29) is 6.10 Å². The summed E-state index contributed by atoms with van der Waals surface area (Å²) in [5.41, 5.74) is 0. The zero-order chi connectivity index (χ0) is 12.7. The van der Waals surface area contributed by atoms with Crippen molar-refractivity contribution in [1.29, 1.82) is 0 Å². The quantitative estimate of drug-likeness (QED) is 0.742. The van der Waals surface area contributed by atoms with Crippen LogP contribution in [-0.4, -0.2) is 24.9 Å². The van der Waals surface area contributed by atoms with Gasteiger partial charge in [-0.2, -0.15) is 0 Å². The molecule has 0 aromatic heterocycles. The lowest BCUT2D eigenvalue weighted by molar-refractivity contribution is 0.108. The lowest BCUT2D eigenvalue weighted by atomic mass is 10.0. The Labute approximate surface area is 103 Å². The Kier molecular flexibility index (Phi) is 5.84. The fourth-order valence-electron chi connectivity index (χ4n) is 1.49. The Morgan fingerprint density at radius 2 is 1.71 bits per heavy atom. The zero-order valence-electron chi connectivity index (χ0n) is 10.8. The van der Waals surface area contributed by atoms with Gasteiger partial charge >= 0.3 is 0 Å². The molecular formula is C14H22O3. The van der Waals surface area contributed by atoms with Crippen LogP contribution in [0.4, 0.5) is 0 Å². The first kappa shape index (κ1) is 13.8. The fraction of sp³-hybridized carbons (Fsp3) is 0.571. The van der Waals surface area contributed by atoms with Gasteiger partial charge in [-0.3, -0.25) is 0 Å². The van der Waals surface area contributed by atoms with E-state index in [0.717, 1.165) is 24.3 Å². The first-order valence-corrected chi connectivity index (χ1v) is 6.08. The number of methoxy groups -OCH3 is 1. The van der Waals surface area contributed by atoms with E-state index in [2.05, 4.69) is 0 Å². The molecule has 0 aliphatic heterocycles. The van der Waals surface area contributed by atoms with Crippen LogP contribution in [0.3, 0.4) is 0 Å². The van der Waals surface area contributed by atoms with Gasteiger partial charge in [0.25, 0.3) is 0 Å². The molecule has 1 aromatic carbocycles. The van der Waals surface area contributed by atoms with Gasteiger partial charge in [-0.05, 0) is 43.0 Å². The number of aliphatic hydroxyl groups is 1. The summed E-state index contributed by atoms with van der Waals surface area (Å²) >= 11 is 0. The Balaban J connectivity index is 2.22. The van der Waals surface area contributed by atoms with E-state index in [4.69, 9.17) is 9.47 Å². The maximum Gasteiger partial charge on any atom is 0.119 e. The van der Waals surface area contributed by atoms with Crippen molar-refractivity contribution in [2.45, 2.75) is 32.8 Å². The van der Waals surface area contributed by atoms with Crippen LogP contribution in [0.5, 0.6) is 11.5 Å². The number of hydrogen-bond donors (Lipinski definition) is 1. The van der Waals surface area contributed by atoms with Crippen LogP contribution >= 0.6 is 0 Å². The van der Waals surface area contributed by atoms with E-state index in [1.165, 1.54) is 0 Å². The number of benzene rings is 1. The molecule has 0 aliphatic carbocycles. The number of aliphatic hydroxyl groups excluding tert-OH is 1. The highest BCUT2D eigenvalue weighted by atomic mass is 16.5. The maximum absolute atomic E-state index is 9.62. The number of rotatable bonds is 7. The molecule has 3 nitrogen and oxygen atoms in total. The first-order chi connectivity index (χ1) is 8.13. The van der Waals surface area contributed by atoms with Crippen LogP contribution in [0.15, 0.2) is 24.3 Å². The van der Waals surface area contributed by atoms with Gasteiger partial charge in [-0.15, -0.1) is 0 Å². The summed E-state index contributed by atoms with van der Waals surface area (Å²) in [5.74, 6) is 1.98. The van der Waals surface area contributed by atoms with Gasteiger partial charge < -0.3 is 14.6 Å². The van der Waals surface area contributed by atoms with Gasteiger partial charge in [0.2, 0.25) is 0 Å². The van der Waals surface area contributed by atoms with Crippen molar-refractivity contribution >= 4 is 0 Å². The smallest absolute Gasteiger partial charge is 0.119 e. The summed E-state index contributed by atoms with van der Waals surface area (Å²) in [6.45, 7) is 4.68. The molecule has 0 saturated heterocycles. The lowest BCUT2D eigenvalue weighted by Crippen LogP contribution is -2.15. The van der Waals surface area contributed by atoms with E-state index in [1.54, 1.807) is 7.11 Å². The second kappa shape index (κ2) is 7.17. The van der Waals surface area contributed by atoms with Crippen LogP contribution < -0.4 is 9.47 Å². The number of hydrogen-bond acceptors (Lipinski definition) is 3. The van der Waals surface area contributed by atoms with Gasteiger partial charge in [0.05, 0.1) is 19.8 Å². The topological polar surface area (TPSA) is 38.7 Å². The van der Waals surface area contributed by atoms with Crippen LogP contribution in [0.25, 0.3) is 0 Å². The normalized spacial score (nSPS) is 12.5. The van der Waals surface area contributed by atoms with Crippen LogP contribution in [-0.2, 0) is 0 Å². The summed E-state index contributed by atoms with van der Waals surface area (Å²) in [6, 6.07) is 7.52. The summed E-state index contributed by atoms with van der Waals surface area (Å²) < 4.78 is 10.6. The van der Waals surface area contributed by atoms with Gasteiger partial charge in [-0.1, -0.05) is 13.8 Å². The van der Waals surface area contributed by atoms with Crippen molar-refractivity contribution in [1.82, 2.24) is 0 Å². The van der Waals surface area contributed by atoms with E-state index < -0.39 is 0 Å². The molecule has 3 heteroatoms. The molecular weight excluding hydrogens is 216 g/mol. The lowest BCUT2D eigenvalue weighted by Gasteiger charge is -2.14. The van der Waals surface area contributed by atoms with Crippen LogP contribution in [0.1, 0.15) is 26.7 Å². The highest BCUT2D eigenvalue weighted by molar-refractivity contribution is 5.31. The molecule has 0 heterocycles. The van der Waals surface area contributed by atoms with Crippen molar-refractivity contribution in [2.24, 2.45) is 5.92 Å². The van der Waals surface area contributed by atoms with E-state index in [9.17, 15) is 5.11 Å². The van der Waals surface area contributed by atoms with Crippen LogP contribution in [0, 0.1) is 5.92 Å². The zero-order valence-corrected chi connectivity index (χ0v) is 10.8. The van der Waals surface area contributed by atoms with Gasteiger partial charge in [0.1, 0.15) is 11.5 Å². The molecule has 1 aromatic rings. The van der Waals surface area contributed by atoms with Crippen LogP contribution in [0.2, 0.25) is 0 Å². The maximum atomic E-state index is 9.62. The van der Waals surface area contributed by atoms with Crippen molar-refractivity contribution in [3.8, 4) is 11.5 Å². The van der Waals surface area contributed by atoms with E-state index in [1.807, 2.05) is 38.1 Å². The highest BCUT2D eigenvalue weighted by Gasteiger charge is 2.08. The number of ether oxygens (including phenoxy) is 2. The third kappa shape index (κ3) is 5.09. The largest absolute Gasteiger partial charge is 0.497 e. The molecule has 0 aliphatic rings. The molecule has 0 radical (unpaired) electrons. The Bertz CT molecular complexity index is 306. The minimum absolute atomic E-state index is 0.227.